The molecule has 2 fully saturated rings. The molecule has 2 saturated carbocycles. The van der Waals surface area contributed by atoms with Crippen molar-refractivity contribution in [2.45, 2.75) is 89.9 Å². The first-order valence-corrected chi connectivity index (χ1v) is 12.1. The van der Waals surface area contributed by atoms with Crippen LogP contribution < -0.4 is 0 Å². The van der Waals surface area contributed by atoms with Crippen molar-refractivity contribution in [2.75, 3.05) is 0 Å². The zero-order chi connectivity index (χ0) is 20.3. The zero-order valence-electron chi connectivity index (χ0n) is 18.4. The molecule has 29 heavy (non-hydrogen) atoms. The molecule has 0 atom stereocenters. The molecule has 0 saturated heterocycles. The Balaban J connectivity index is 1.39. The molecule has 0 radical (unpaired) electrons. The third kappa shape index (κ3) is 7.18. The number of hydrogen-bond acceptors (Lipinski definition) is 1. The van der Waals surface area contributed by atoms with Crippen LogP contribution in [0.25, 0.3) is 0 Å². The maximum atomic E-state index is 8.67. The Morgan fingerprint density at radius 2 is 1.34 bits per heavy atom. The van der Waals surface area contributed by atoms with E-state index in [0.717, 1.165) is 17.8 Å². The molecule has 1 nitrogen and oxygen atoms in total. The van der Waals surface area contributed by atoms with E-state index in [1.807, 2.05) is 0 Å². The Bertz CT molecular complexity index is 674. The highest BCUT2D eigenvalue weighted by Gasteiger charge is 2.22. The van der Waals surface area contributed by atoms with Gasteiger partial charge in [0.15, 0.2) is 0 Å². The van der Waals surface area contributed by atoms with Gasteiger partial charge in [0.25, 0.3) is 0 Å². The van der Waals surface area contributed by atoms with Gasteiger partial charge in [0.1, 0.15) is 0 Å². The Labute approximate surface area is 178 Å². The quantitative estimate of drug-likeness (QED) is 0.250. The molecular formula is C28H39N. The van der Waals surface area contributed by atoms with Gasteiger partial charge in [-0.15, -0.1) is 0 Å². The Morgan fingerprint density at radius 1 is 0.793 bits per heavy atom. The molecular weight excluding hydrogens is 350 g/mol. The van der Waals surface area contributed by atoms with E-state index in [-0.39, 0.29) is 0 Å². The molecule has 1 aromatic carbocycles. The lowest BCUT2D eigenvalue weighted by molar-refractivity contribution is 0.348. The van der Waals surface area contributed by atoms with Crippen LogP contribution in [0.3, 0.4) is 0 Å². The van der Waals surface area contributed by atoms with Gasteiger partial charge in [-0.25, -0.2) is 0 Å². The summed E-state index contributed by atoms with van der Waals surface area (Å²) in [5, 5.41) is 8.67. The third-order valence-electron chi connectivity index (χ3n) is 7.21. The number of aryl methyl sites for hydroxylation is 1. The first kappa shape index (κ1) is 21.9. The summed E-state index contributed by atoms with van der Waals surface area (Å²) in [6.45, 7) is 2.27. The van der Waals surface area contributed by atoms with E-state index in [0.29, 0.717) is 5.92 Å². The lowest BCUT2D eigenvalue weighted by atomic mass is 9.77. The van der Waals surface area contributed by atoms with Crippen molar-refractivity contribution in [1.82, 2.24) is 0 Å². The molecule has 1 aromatic rings. The van der Waals surface area contributed by atoms with Crippen LogP contribution in [0.5, 0.6) is 0 Å². The molecule has 0 amide bonds. The van der Waals surface area contributed by atoms with E-state index in [1.54, 1.807) is 11.6 Å². The molecule has 0 aromatic heterocycles. The number of unbranched alkanes of at least 4 members (excludes halogenated alkanes) is 2. The molecule has 0 N–H and O–H groups in total. The monoisotopic (exact) mass is 389 g/mol. The second-order valence-corrected chi connectivity index (χ2v) is 9.36. The van der Waals surface area contributed by atoms with Crippen LogP contribution in [0.4, 0.5) is 0 Å². The fourth-order valence-electron chi connectivity index (χ4n) is 5.20. The smallest absolute Gasteiger partial charge is 0.0908 e. The fourth-order valence-corrected chi connectivity index (χ4v) is 5.20. The topological polar surface area (TPSA) is 23.8 Å². The standard InChI is InChI=1S/C28H39N/c1-2-3-4-6-23-14-18-27(19-15-23)28-20-16-26(17-21-28)13-12-25-10-8-24(9-11-25)7-5-22-29/h5,7,12-15,18-19,24-26,28H,2-4,6,8-11,16-17,20-21H2,1H3/b7-5?,13-12+. The molecule has 2 aliphatic rings. The van der Waals surface area contributed by atoms with E-state index in [2.05, 4.69) is 55.5 Å². The molecule has 0 spiro atoms. The van der Waals surface area contributed by atoms with Crippen molar-refractivity contribution in [3.8, 4) is 6.07 Å². The first-order valence-electron chi connectivity index (χ1n) is 12.1. The van der Waals surface area contributed by atoms with Crippen molar-refractivity contribution in [2.24, 2.45) is 17.8 Å². The number of nitriles is 1. The maximum Gasteiger partial charge on any atom is 0.0908 e. The predicted octanol–water partition coefficient (Wildman–Crippen LogP) is 8.14. The number of nitrogens with zero attached hydrogens (tertiary/aromatic N) is 1. The first-order chi connectivity index (χ1) is 14.3. The van der Waals surface area contributed by atoms with Crippen LogP contribution in [-0.2, 0) is 6.42 Å². The van der Waals surface area contributed by atoms with Crippen molar-refractivity contribution >= 4 is 0 Å². The van der Waals surface area contributed by atoms with Gasteiger partial charge in [-0.1, -0.05) is 62.3 Å². The number of allylic oxidation sites excluding steroid dienone is 4. The largest absolute Gasteiger partial charge is 0.193 e. The second-order valence-electron chi connectivity index (χ2n) is 9.36. The molecule has 0 aliphatic heterocycles. The number of rotatable bonds is 8. The van der Waals surface area contributed by atoms with Gasteiger partial charge in [-0.3, -0.25) is 0 Å². The van der Waals surface area contributed by atoms with Crippen molar-refractivity contribution < 1.29 is 0 Å². The molecule has 0 bridgehead atoms. The maximum absolute atomic E-state index is 8.67. The summed E-state index contributed by atoms with van der Waals surface area (Å²) in [4.78, 5) is 0. The van der Waals surface area contributed by atoms with Gasteiger partial charge in [-0.2, -0.15) is 5.26 Å². The van der Waals surface area contributed by atoms with E-state index >= 15 is 0 Å². The summed E-state index contributed by atoms with van der Waals surface area (Å²) in [6, 6.07) is 11.7. The zero-order valence-corrected chi connectivity index (χ0v) is 18.4. The summed E-state index contributed by atoms with van der Waals surface area (Å²) < 4.78 is 0. The second kappa shape index (κ2) is 12.0. The summed E-state index contributed by atoms with van der Waals surface area (Å²) in [5.41, 5.74) is 3.08. The van der Waals surface area contributed by atoms with Gasteiger partial charge < -0.3 is 0 Å². The minimum absolute atomic E-state index is 0.632. The third-order valence-corrected chi connectivity index (χ3v) is 7.21. The predicted molar refractivity (Wildman–Crippen MR) is 124 cm³/mol. The summed E-state index contributed by atoms with van der Waals surface area (Å²) in [5.74, 6) is 2.95. The van der Waals surface area contributed by atoms with E-state index < -0.39 is 0 Å². The van der Waals surface area contributed by atoms with Crippen molar-refractivity contribution in [3.63, 3.8) is 0 Å². The minimum Gasteiger partial charge on any atom is -0.193 e. The average Bonchev–Trinajstić information content (AvgIpc) is 2.78. The van der Waals surface area contributed by atoms with Gasteiger partial charge >= 0.3 is 0 Å². The lowest BCUT2D eigenvalue weighted by Gasteiger charge is -2.28. The molecule has 2 aliphatic carbocycles. The van der Waals surface area contributed by atoms with Gasteiger partial charge in [0.2, 0.25) is 0 Å². The van der Waals surface area contributed by atoms with Crippen LogP contribution in [-0.4, -0.2) is 0 Å². The fraction of sp³-hybridized carbons (Fsp3) is 0.607. The van der Waals surface area contributed by atoms with Gasteiger partial charge in [0.05, 0.1) is 6.07 Å². The summed E-state index contributed by atoms with van der Waals surface area (Å²) in [6.07, 6.45) is 24.5. The van der Waals surface area contributed by atoms with Crippen LogP contribution in [0.2, 0.25) is 0 Å². The average molecular weight is 390 g/mol. The summed E-state index contributed by atoms with van der Waals surface area (Å²) in [7, 11) is 0. The van der Waals surface area contributed by atoms with E-state index in [4.69, 9.17) is 5.26 Å². The van der Waals surface area contributed by atoms with Crippen LogP contribution in [0.1, 0.15) is 94.6 Å². The summed E-state index contributed by atoms with van der Waals surface area (Å²) >= 11 is 0. The van der Waals surface area contributed by atoms with Crippen molar-refractivity contribution in [3.05, 3.63) is 59.7 Å². The van der Waals surface area contributed by atoms with Crippen LogP contribution in [0, 0.1) is 29.1 Å². The number of hydrogen-bond donors (Lipinski definition) is 0. The molecule has 0 unspecified atom stereocenters. The van der Waals surface area contributed by atoms with Gasteiger partial charge in [0, 0.05) is 6.08 Å². The van der Waals surface area contributed by atoms with Crippen LogP contribution in [0.15, 0.2) is 48.6 Å². The van der Waals surface area contributed by atoms with Gasteiger partial charge in [-0.05, 0) is 99.0 Å². The lowest BCUT2D eigenvalue weighted by Crippen LogP contribution is -2.14. The molecule has 0 heterocycles. The highest BCUT2D eigenvalue weighted by atomic mass is 14.3. The normalized spacial score (nSPS) is 28.0. The highest BCUT2D eigenvalue weighted by molar-refractivity contribution is 5.26. The van der Waals surface area contributed by atoms with Crippen molar-refractivity contribution in [1.29, 1.82) is 5.26 Å². The SMILES string of the molecule is CCCCCc1ccc(C2CCC(/C=C/C3CCC(C=CC#N)CC3)CC2)cc1. The Hall–Kier alpha value is -1.81. The number of benzene rings is 1. The van der Waals surface area contributed by atoms with E-state index in [1.165, 1.54) is 82.6 Å². The molecule has 1 heteroatoms. The Kier molecular flexibility index (Phi) is 9.07. The highest BCUT2D eigenvalue weighted by Crippen LogP contribution is 2.37. The Morgan fingerprint density at radius 3 is 1.90 bits per heavy atom. The minimum atomic E-state index is 0.632. The molecule has 156 valence electrons. The van der Waals surface area contributed by atoms with E-state index in [9.17, 15) is 0 Å². The molecule has 3 rings (SSSR count). The van der Waals surface area contributed by atoms with Crippen LogP contribution >= 0.6 is 0 Å².